The molecule has 0 N–H and O–H groups in total. The summed E-state index contributed by atoms with van der Waals surface area (Å²) in [5, 5.41) is 0. The minimum Gasteiger partial charge on any atom is -0.380 e. The number of hydrogen-bond donors (Lipinski definition) is 0. The predicted octanol–water partition coefficient (Wildman–Crippen LogP) is 2.09. The molecule has 0 radical (unpaired) electrons. The lowest BCUT2D eigenvalue weighted by Gasteiger charge is -2.35. The number of nitrogens with zero attached hydrogens (tertiary/aromatic N) is 2. The van der Waals surface area contributed by atoms with E-state index < -0.39 is 0 Å². The molecule has 1 unspecified atom stereocenters. The smallest absolute Gasteiger partial charge is 0.320 e. The van der Waals surface area contributed by atoms with Gasteiger partial charge in [0, 0.05) is 33.3 Å². The Morgan fingerprint density at radius 2 is 1.65 bits per heavy atom. The molecule has 0 saturated carbocycles. The number of likely N-dealkylation sites (tertiary alicyclic amines) is 2. The normalized spacial score (nSPS) is 26.8. The van der Waals surface area contributed by atoms with Gasteiger partial charge in [-0.2, -0.15) is 0 Å². The summed E-state index contributed by atoms with van der Waals surface area (Å²) in [4.78, 5) is 16.4. The second-order valence-corrected chi connectivity index (χ2v) is 5.13. The lowest BCUT2D eigenvalue weighted by Crippen LogP contribution is -2.49. The Morgan fingerprint density at radius 1 is 1.00 bits per heavy atom. The van der Waals surface area contributed by atoms with Gasteiger partial charge in [-0.3, -0.25) is 0 Å². The standard InChI is InChI=1S/C13H24N2O2/c1-17-12-7-6-10-15(11-12)13(16)14-8-4-2-3-5-9-14/h12H,2-11H2,1H3. The van der Waals surface area contributed by atoms with Crippen LogP contribution in [0.3, 0.4) is 0 Å². The Labute approximate surface area is 104 Å². The molecule has 2 aliphatic heterocycles. The van der Waals surface area contributed by atoms with Crippen molar-refractivity contribution in [2.24, 2.45) is 0 Å². The van der Waals surface area contributed by atoms with Crippen molar-refractivity contribution in [1.82, 2.24) is 9.80 Å². The quantitative estimate of drug-likeness (QED) is 0.703. The summed E-state index contributed by atoms with van der Waals surface area (Å²) >= 11 is 0. The van der Waals surface area contributed by atoms with E-state index >= 15 is 0 Å². The number of methoxy groups -OCH3 is 1. The molecular formula is C13H24N2O2. The van der Waals surface area contributed by atoms with Crippen molar-refractivity contribution in [2.75, 3.05) is 33.3 Å². The predicted molar refractivity (Wildman–Crippen MR) is 67.0 cm³/mol. The molecule has 4 heteroatoms. The monoisotopic (exact) mass is 240 g/mol. The molecule has 0 spiro atoms. The fourth-order valence-electron chi connectivity index (χ4n) is 2.77. The number of carbonyl (C=O) groups excluding carboxylic acids is 1. The van der Waals surface area contributed by atoms with E-state index in [9.17, 15) is 4.79 Å². The molecular weight excluding hydrogens is 216 g/mol. The van der Waals surface area contributed by atoms with Crippen LogP contribution >= 0.6 is 0 Å². The number of hydrogen-bond acceptors (Lipinski definition) is 2. The third-order valence-corrected chi connectivity index (χ3v) is 3.86. The average Bonchev–Trinajstić information content (AvgIpc) is 2.67. The number of rotatable bonds is 1. The van der Waals surface area contributed by atoms with Gasteiger partial charge in [0.1, 0.15) is 0 Å². The summed E-state index contributed by atoms with van der Waals surface area (Å²) in [7, 11) is 1.74. The van der Waals surface area contributed by atoms with Crippen LogP contribution in [0.4, 0.5) is 4.79 Å². The van der Waals surface area contributed by atoms with Gasteiger partial charge in [-0.1, -0.05) is 12.8 Å². The molecule has 4 nitrogen and oxygen atoms in total. The molecule has 2 saturated heterocycles. The largest absolute Gasteiger partial charge is 0.380 e. The molecule has 1 atom stereocenters. The molecule has 98 valence electrons. The molecule has 0 aromatic rings. The number of piperidine rings is 1. The average molecular weight is 240 g/mol. The number of carbonyl (C=O) groups is 1. The zero-order valence-corrected chi connectivity index (χ0v) is 10.9. The van der Waals surface area contributed by atoms with Crippen molar-refractivity contribution in [3.8, 4) is 0 Å². The maximum Gasteiger partial charge on any atom is 0.320 e. The Balaban J connectivity index is 1.89. The van der Waals surface area contributed by atoms with E-state index in [1.54, 1.807) is 7.11 Å². The third-order valence-electron chi connectivity index (χ3n) is 3.86. The summed E-state index contributed by atoms with van der Waals surface area (Å²) in [5.41, 5.74) is 0. The molecule has 2 fully saturated rings. The van der Waals surface area contributed by atoms with Crippen LogP contribution in [-0.2, 0) is 4.74 Å². The van der Waals surface area contributed by atoms with E-state index in [0.29, 0.717) is 0 Å². The van der Waals surface area contributed by atoms with Crippen molar-refractivity contribution in [2.45, 2.75) is 44.6 Å². The highest BCUT2D eigenvalue weighted by Gasteiger charge is 2.27. The lowest BCUT2D eigenvalue weighted by molar-refractivity contribution is 0.0365. The summed E-state index contributed by atoms with van der Waals surface area (Å²) in [5.74, 6) is 0. The molecule has 2 amide bonds. The molecule has 0 bridgehead atoms. The maximum atomic E-state index is 12.4. The van der Waals surface area contributed by atoms with Gasteiger partial charge < -0.3 is 14.5 Å². The van der Waals surface area contributed by atoms with Crippen molar-refractivity contribution >= 4 is 6.03 Å². The van der Waals surface area contributed by atoms with Gasteiger partial charge in [-0.05, 0) is 25.7 Å². The Bertz CT molecular complexity index is 250. The van der Waals surface area contributed by atoms with Crippen molar-refractivity contribution in [3.63, 3.8) is 0 Å². The number of urea groups is 1. The molecule has 0 aliphatic carbocycles. The SMILES string of the molecule is COC1CCCN(C(=O)N2CCCCCC2)C1. The second kappa shape index (κ2) is 6.24. The van der Waals surface area contributed by atoms with Crippen LogP contribution in [0.5, 0.6) is 0 Å². The van der Waals surface area contributed by atoms with E-state index in [1.807, 2.05) is 9.80 Å². The zero-order chi connectivity index (χ0) is 12.1. The van der Waals surface area contributed by atoms with Crippen molar-refractivity contribution in [3.05, 3.63) is 0 Å². The first-order valence-electron chi connectivity index (χ1n) is 6.88. The molecule has 2 rings (SSSR count). The van der Waals surface area contributed by atoms with Crippen LogP contribution in [0.1, 0.15) is 38.5 Å². The minimum atomic E-state index is 0.230. The van der Waals surface area contributed by atoms with Gasteiger partial charge in [0.25, 0.3) is 0 Å². The van der Waals surface area contributed by atoms with Crippen LogP contribution in [-0.4, -0.2) is 55.2 Å². The first-order chi connectivity index (χ1) is 8.31. The first-order valence-corrected chi connectivity index (χ1v) is 6.88. The van der Waals surface area contributed by atoms with Crippen molar-refractivity contribution in [1.29, 1.82) is 0 Å². The van der Waals surface area contributed by atoms with E-state index in [0.717, 1.165) is 51.9 Å². The van der Waals surface area contributed by atoms with Crippen LogP contribution in [0.15, 0.2) is 0 Å². The highest BCUT2D eigenvalue weighted by Crippen LogP contribution is 2.17. The topological polar surface area (TPSA) is 32.8 Å². The van der Waals surface area contributed by atoms with Gasteiger partial charge in [0.15, 0.2) is 0 Å². The van der Waals surface area contributed by atoms with Crippen molar-refractivity contribution < 1.29 is 9.53 Å². The van der Waals surface area contributed by atoms with E-state index in [1.165, 1.54) is 12.8 Å². The summed E-state index contributed by atoms with van der Waals surface area (Å²) in [6.07, 6.45) is 7.24. The molecule has 2 aliphatic rings. The number of amides is 2. The molecule has 0 aromatic heterocycles. The first kappa shape index (κ1) is 12.7. The summed E-state index contributed by atoms with van der Waals surface area (Å²) < 4.78 is 5.37. The highest BCUT2D eigenvalue weighted by atomic mass is 16.5. The fraction of sp³-hybridized carbons (Fsp3) is 0.923. The van der Waals surface area contributed by atoms with Gasteiger partial charge in [-0.15, -0.1) is 0 Å². The Morgan fingerprint density at radius 3 is 2.29 bits per heavy atom. The Kier molecular flexibility index (Phi) is 4.66. The van der Waals surface area contributed by atoms with Crippen LogP contribution in [0, 0.1) is 0 Å². The molecule has 0 aromatic carbocycles. The number of ether oxygens (including phenoxy) is 1. The molecule has 17 heavy (non-hydrogen) atoms. The highest BCUT2D eigenvalue weighted by molar-refractivity contribution is 5.74. The van der Waals surface area contributed by atoms with E-state index in [-0.39, 0.29) is 12.1 Å². The minimum absolute atomic E-state index is 0.230. The van der Waals surface area contributed by atoms with Gasteiger partial charge in [0.2, 0.25) is 0 Å². The van der Waals surface area contributed by atoms with Crippen LogP contribution < -0.4 is 0 Å². The van der Waals surface area contributed by atoms with E-state index in [2.05, 4.69) is 0 Å². The fourth-order valence-corrected chi connectivity index (χ4v) is 2.77. The summed E-state index contributed by atoms with van der Waals surface area (Å²) in [6.45, 7) is 3.54. The maximum absolute atomic E-state index is 12.4. The summed E-state index contributed by atoms with van der Waals surface area (Å²) in [6, 6.07) is 0.230. The second-order valence-electron chi connectivity index (χ2n) is 5.13. The van der Waals surface area contributed by atoms with Crippen LogP contribution in [0.25, 0.3) is 0 Å². The van der Waals surface area contributed by atoms with E-state index in [4.69, 9.17) is 4.74 Å². The Hall–Kier alpha value is -0.770. The van der Waals surface area contributed by atoms with Crippen LogP contribution in [0.2, 0.25) is 0 Å². The zero-order valence-electron chi connectivity index (χ0n) is 10.9. The van der Waals surface area contributed by atoms with Gasteiger partial charge in [-0.25, -0.2) is 4.79 Å². The molecule has 2 heterocycles. The van der Waals surface area contributed by atoms with Gasteiger partial charge in [0.05, 0.1) is 6.10 Å². The lowest BCUT2D eigenvalue weighted by atomic mass is 10.1. The van der Waals surface area contributed by atoms with Gasteiger partial charge >= 0.3 is 6.03 Å². The third kappa shape index (κ3) is 3.35.